The van der Waals surface area contributed by atoms with E-state index in [1.54, 1.807) is 12.1 Å². The molecule has 1 aromatic heterocycles. The number of benzene rings is 4. The predicted molar refractivity (Wildman–Crippen MR) is 156 cm³/mol. The summed E-state index contributed by atoms with van der Waals surface area (Å²) in [4.78, 5) is 21.4. The number of amides is 1. The van der Waals surface area contributed by atoms with Gasteiger partial charge in [-0.2, -0.15) is 0 Å². The monoisotopic (exact) mass is 513 g/mol. The van der Waals surface area contributed by atoms with Gasteiger partial charge in [0.25, 0.3) is 5.91 Å². The number of nitrogens with one attached hydrogen (secondary N) is 1. The first-order chi connectivity index (χ1) is 19.2. The Morgan fingerprint density at radius 2 is 1.26 bits per heavy atom. The largest absolute Gasteiger partial charge is 0.370 e. The van der Waals surface area contributed by atoms with Crippen LogP contribution < -0.4 is 11.1 Å². The molecule has 1 heterocycles. The van der Waals surface area contributed by atoms with E-state index >= 15 is 0 Å². The van der Waals surface area contributed by atoms with Gasteiger partial charge in [0.05, 0.1) is 12.0 Å². The van der Waals surface area contributed by atoms with E-state index < -0.39 is 5.54 Å². The van der Waals surface area contributed by atoms with Gasteiger partial charge in [0.15, 0.2) is 5.96 Å². The van der Waals surface area contributed by atoms with Crippen LogP contribution in [0.3, 0.4) is 0 Å². The third kappa shape index (κ3) is 5.65. The summed E-state index contributed by atoms with van der Waals surface area (Å²) in [6.07, 6.45) is 5.51. The van der Waals surface area contributed by atoms with Crippen LogP contribution in [0, 0.1) is 0 Å². The maximum absolute atomic E-state index is 12.3. The molecule has 5 rings (SSSR count). The summed E-state index contributed by atoms with van der Waals surface area (Å²) in [5.74, 6) is -0.152. The molecule has 0 aliphatic carbocycles. The van der Waals surface area contributed by atoms with Crippen LogP contribution in [-0.4, -0.2) is 28.0 Å². The van der Waals surface area contributed by atoms with Gasteiger partial charge < -0.3 is 10.3 Å². The first-order valence-electron chi connectivity index (χ1n) is 13.0. The van der Waals surface area contributed by atoms with Crippen molar-refractivity contribution in [1.82, 2.24) is 14.9 Å². The standard InChI is InChI=1S/C33H31N5O/c34-32(37-31(39)26-14-5-1-6-15-26)35-23-13-22-30-24-38(25-36-30)33(27-16-7-2-8-17-27,28-18-9-3-10-19-28)29-20-11-4-12-21-29/h1-12,14-21,24-25H,13,22-23H2,(H3,34,35,37,39). The minimum absolute atomic E-state index is 0.116. The molecule has 0 unspecified atom stereocenters. The van der Waals surface area contributed by atoms with Gasteiger partial charge in [-0.25, -0.2) is 4.98 Å². The molecule has 4 aromatic carbocycles. The fourth-order valence-corrected chi connectivity index (χ4v) is 4.94. The molecule has 1 amide bonds. The summed E-state index contributed by atoms with van der Waals surface area (Å²) in [7, 11) is 0. The van der Waals surface area contributed by atoms with Crippen LogP contribution >= 0.6 is 0 Å². The number of carbonyl (C=O) groups excluding carboxylic acids is 1. The number of hydrogen-bond acceptors (Lipinski definition) is 3. The first-order valence-corrected chi connectivity index (χ1v) is 13.0. The summed E-state index contributed by atoms with van der Waals surface area (Å²) in [6, 6.07) is 40.5. The number of aryl methyl sites for hydroxylation is 1. The molecular formula is C33H31N5O. The van der Waals surface area contributed by atoms with Crippen LogP contribution in [0.25, 0.3) is 0 Å². The zero-order chi connectivity index (χ0) is 26.9. The Bertz CT molecular complexity index is 1420. The van der Waals surface area contributed by atoms with Crippen molar-refractivity contribution in [3.63, 3.8) is 0 Å². The Morgan fingerprint density at radius 3 is 1.77 bits per heavy atom. The average molecular weight is 514 g/mol. The Balaban J connectivity index is 1.37. The molecule has 0 bridgehead atoms. The minimum atomic E-state index is -0.584. The van der Waals surface area contributed by atoms with Gasteiger partial charge in [0, 0.05) is 18.3 Å². The molecule has 0 atom stereocenters. The van der Waals surface area contributed by atoms with Crippen LogP contribution in [0.4, 0.5) is 0 Å². The Morgan fingerprint density at radius 1 is 0.769 bits per heavy atom. The number of nitrogens with two attached hydrogens (primary N) is 1. The number of aromatic nitrogens is 2. The maximum atomic E-state index is 12.3. The summed E-state index contributed by atoms with van der Waals surface area (Å²) in [6.45, 7) is 0.481. The summed E-state index contributed by atoms with van der Waals surface area (Å²) in [5.41, 5.74) is 10.3. The molecule has 39 heavy (non-hydrogen) atoms. The van der Waals surface area contributed by atoms with Gasteiger partial charge in [-0.3, -0.25) is 15.1 Å². The number of nitrogens with zero attached hydrogens (tertiary/aromatic N) is 3. The van der Waals surface area contributed by atoms with Crippen molar-refractivity contribution in [3.05, 3.63) is 162 Å². The summed E-state index contributed by atoms with van der Waals surface area (Å²) < 4.78 is 2.21. The molecule has 0 fully saturated rings. The molecule has 0 aliphatic rings. The number of rotatable bonds is 9. The SMILES string of the molecule is NC(=NCCCc1cn(C(c2ccccc2)(c2ccccc2)c2ccccc2)cn1)NC(=O)c1ccccc1. The minimum Gasteiger partial charge on any atom is -0.370 e. The van der Waals surface area contributed by atoms with Crippen LogP contribution in [0.2, 0.25) is 0 Å². The lowest BCUT2D eigenvalue weighted by molar-refractivity contribution is 0.0976. The predicted octanol–water partition coefficient (Wildman–Crippen LogP) is 5.40. The summed E-state index contributed by atoms with van der Waals surface area (Å²) in [5, 5.41) is 2.64. The average Bonchev–Trinajstić information content (AvgIpc) is 3.47. The Labute approximate surface area is 228 Å². The van der Waals surface area contributed by atoms with E-state index in [4.69, 9.17) is 10.7 Å². The van der Waals surface area contributed by atoms with Crippen molar-refractivity contribution >= 4 is 11.9 Å². The van der Waals surface area contributed by atoms with Crippen molar-refractivity contribution in [2.45, 2.75) is 18.4 Å². The third-order valence-corrected chi connectivity index (χ3v) is 6.75. The zero-order valence-electron chi connectivity index (χ0n) is 21.7. The van der Waals surface area contributed by atoms with Crippen molar-refractivity contribution in [2.24, 2.45) is 10.7 Å². The molecular weight excluding hydrogens is 482 g/mol. The van der Waals surface area contributed by atoms with E-state index in [-0.39, 0.29) is 11.9 Å². The molecule has 6 heteroatoms. The Hall–Kier alpha value is -4.97. The number of guanidine groups is 1. The maximum Gasteiger partial charge on any atom is 0.257 e. The topological polar surface area (TPSA) is 85.3 Å². The second kappa shape index (κ2) is 12.0. The molecule has 6 nitrogen and oxygen atoms in total. The second-order valence-corrected chi connectivity index (χ2v) is 9.27. The highest BCUT2D eigenvalue weighted by molar-refractivity contribution is 6.05. The number of aliphatic imine (C=N–C) groups is 1. The van der Waals surface area contributed by atoms with Gasteiger partial charge in [-0.15, -0.1) is 0 Å². The quantitative estimate of drug-likeness (QED) is 0.120. The van der Waals surface area contributed by atoms with Crippen molar-refractivity contribution in [2.75, 3.05) is 6.54 Å². The molecule has 3 N–H and O–H groups in total. The van der Waals surface area contributed by atoms with E-state index in [0.29, 0.717) is 12.1 Å². The third-order valence-electron chi connectivity index (χ3n) is 6.75. The van der Waals surface area contributed by atoms with Crippen molar-refractivity contribution < 1.29 is 4.79 Å². The van der Waals surface area contributed by atoms with E-state index in [9.17, 15) is 4.79 Å². The molecule has 0 spiro atoms. The van der Waals surface area contributed by atoms with Gasteiger partial charge in [-0.1, -0.05) is 109 Å². The fourth-order valence-electron chi connectivity index (χ4n) is 4.94. The molecule has 0 saturated heterocycles. The summed E-state index contributed by atoms with van der Waals surface area (Å²) >= 11 is 0. The lowest BCUT2D eigenvalue weighted by Crippen LogP contribution is -2.37. The molecule has 5 aromatic rings. The molecule has 194 valence electrons. The van der Waals surface area contributed by atoms with Crippen molar-refractivity contribution in [1.29, 1.82) is 0 Å². The molecule has 0 aliphatic heterocycles. The van der Waals surface area contributed by atoms with Gasteiger partial charge in [0.2, 0.25) is 0 Å². The van der Waals surface area contributed by atoms with E-state index in [2.05, 4.69) is 93.9 Å². The second-order valence-electron chi connectivity index (χ2n) is 9.27. The Kier molecular flexibility index (Phi) is 7.93. The highest BCUT2D eigenvalue weighted by atomic mass is 16.1. The smallest absolute Gasteiger partial charge is 0.257 e. The van der Waals surface area contributed by atoms with E-state index in [0.717, 1.165) is 35.2 Å². The van der Waals surface area contributed by atoms with Crippen LogP contribution in [0.1, 0.15) is 39.2 Å². The zero-order valence-corrected chi connectivity index (χ0v) is 21.7. The number of imidazole rings is 1. The lowest BCUT2D eigenvalue weighted by Gasteiger charge is -2.37. The van der Waals surface area contributed by atoms with Crippen LogP contribution in [0.15, 0.2) is 139 Å². The highest BCUT2D eigenvalue weighted by Gasteiger charge is 2.38. The van der Waals surface area contributed by atoms with E-state index in [1.165, 1.54) is 0 Å². The fraction of sp³-hybridized carbons (Fsp3) is 0.121. The lowest BCUT2D eigenvalue weighted by atomic mass is 9.77. The van der Waals surface area contributed by atoms with Gasteiger partial charge >= 0.3 is 0 Å². The van der Waals surface area contributed by atoms with Crippen molar-refractivity contribution in [3.8, 4) is 0 Å². The highest BCUT2D eigenvalue weighted by Crippen LogP contribution is 2.40. The van der Waals surface area contributed by atoms with Crippen LogP contribution in [-0.2, 0) is 12.0 Å². The molecule has 0 saturated carbocycles. The van der Waals surface area contributed by atoms with Gasteiger partial charge in [-0.05, 0) is 41.7 Å². The number of hydrogen-bond donors (Lipinski definition) is 2. The molecule has 0 radical (unpaired) electrons. The van der Waals surface area contributed by atoms with Gasteiger partial charge in [0.1, 0.15) is 5.54 Å². The normalized spacial score (nSPS) is 11.7. The van der Waals surface area contributed by atoms with Crippen LogP contribution in [0.5, 0.6) is 0 Å². The first kappa shape index (κ1) is 25.7. The number of carbonyl (C=O) groups is 1. The van der Waals surface area contributed by atoms with E-state index in [1.807, 2.05) is 42.7 Å².